The van der Waals surface area contributed by atoms with Gasteiger partial charge in [-0.2, -0.15) is 0 Å². The van der Waals surface area contributed by atoms with Crippen LogP contribution in [-0.4, -0.2) is 11.0 Å². The van der Waals surface area contributed by atoms with Gasteiger partial charge in [0.2, 0.25) is 0 Å². The van der Waals surface area contributed by atoms with Gasteiger partial charge in [0, 0.05) is 23.3 Å². The van der Waals surface area contributed by atoms with E-state index in [0.717, 1.165) is 30.6 Å². The highest BCUT2D eigenvalue weighted by atomic mass is 14.8. The normalized spacial score (nSPS) is 27.7. The summed E-state index contributed by atoms with van der Waals surface area (Å²) in [5.74, 6) is 3.01. The Morgan fingerprint density at radius 3 is 2.40 bits per heavy atom. The van der Waals surface area contributed by atoms with Crippen molar-refractivity contribution in [3.8, 4) is 12.8 Å². The quantitative estimate of drug-likeness (QED) is 0.548. The molecule has 1 aliphatic carbocycles. The molecule has 1 unspecified atom stereocenters. The van der Waals surface area contributed by atoms with Crippen molar-refractivity contribution >= 4 is 0 Å². The highest BCUT2D eigenvalue weighted by Crippen LogP contribution is 2.45. The van der Waals surface area contributed by atoms with Crippen LogP contribution in [0.25, 0.3) is 0 Å². The van der Waals surface area contributed by atoms with Crippen LogP contribution in [-0.2, 0) is 12.8 Å². The topological polar surface area (TPSA) is 41.8 Å². The molecule has 25 heavy (non-hydrogen) atoms. The third kappa shape index (κ3) is 5.25. The van der Waals surface area contributed by atoms with Gasteiger partial charge in [0.1, 0.15) is 0 Å². The number of hydrogen-bond acceptors (Lipinski definition) is 1. The maximum atomic E-state index is 6.19. The average Bonchev–Trinajstić information content (AvgIpc) is 2.86. The summed E-state index contributed by atoms with van der Waals surface area (Å²) < 4.78 is 0. The molecule has 2 nitrogen and oxygen atoms in total. The van der Waals surface area contributed by atoms with Gasteiger partial charge in [0.25, 0.3) is 0 Å². The van der Waals surface area contributed by atoms with Gasteiger partial charge in [-0.25, -0.2) is 0 Å². The lowest BCUT2D eigenvalue weighted by Gasteiger charge is -2.38. The van der Waals surface area contributed by atoms with Gasteiger partial charge >= 0.3 is 0 Å². The SMILES string of the molecule is C#C.C/C=C\Cc1c(C)[nH]c([C@@H]2C[C@@H](C)C[C@@H](C)[C@H]2C)c1CC(C)N. The Labute approximate surface area is 155 Å². The molecule has 0 aliphatic heterocycles. The summed E-state index contributed by atoms with van der Waals surface area (Å²) in [5.41, 5.74) is 12.0. The van der Waals surface area contributed by atoms with Crippen LogP contribution in [0.2, 0.25) is 0 Å². The van der Waals surface area contributed by atoms with Crippen LogP contribution < -0.4 is 5.73 Å². The van der Waals surface area contributed by atoms with Gasteiger partial charge in [-0.15, -0.1) is 12.8 Å². The zero-order valence-electron chi connectivity index (χ0n) is 17.1. The number of aromatic nitrogens is 1. The molecule has 1 fully saturated rings. The zero-order chi connectivity index (χ0) is 19.1. The second-order valence-corrected chi connectivity index (χ2v) is 8.09. The summed E-state index contributed by atoms with van der Waals surface area (Å²) in [7, 11) is 0. The Bertz CT molecular complexity index is 576. The van der Waals surface area contributed by atoms with E-state index < -0.39 is 0 Å². The Hall–Kier alpha value is -1.46. The number of hydrogen-bond donors (Lipinski definition) is 2. The lowest BCUT2D eigenvalue weighted by molar-refractivity contribution is 0.184. The number of terminal acetylenes is 1. The molecule has 1 aliphatic rings. The molecule has 0 saturated heterocycles. The fourth-order valence-electron chi connectivity index (χ4n) is 4.50. The summed E-state index contributed by atoms with van der Waals surface area (Å²) in [6, 6.07) is 0.210. The molecular weight excluding hydrogens is 304 g/mol. The van der Waals surface area contributed by atoms with Crippen molar-refractivity contribution in [1.29, 1.82) is 0 Å². The molecule has 1 aromatic rings. The molecule has 1 aromatic heterocycles. The van der Waals surface area contributed by atoms with Crippen molar-refractivity contribution in [3.05, 3.63) is 34.7 Å². The molecule has 5 atom stereocenters. The van der Waals surface area contributed by atoms with Crippen LogP contribution in [0, 0.1) is 37.5 Å². The highest BCUT2D eigenvalue weighted by molar-refractivity contribution is 5.41. The second kappa shape index (κ2) is 9.88. The van der Waals surface area contributed by atoms with Crippen LogP contribution in [0.5, 0.6) is 0 Å². The van der Waals surface area contributed by atoms with Crippen LogP contribution in [0.3, 0.4) is 0 Å². The van der Waals surface area contributed by atoms with Crippen molar-refractivity contribution in [2.75, 3.05) is 0 Å². The highest BCUT2D eigenvalue weighted by Gasteiger charge is 2.34. The number of nitrogens with two attached hydrogens (primary N) is 1. The van der Waals surface area contributed by atoms with Crippen molar-refractivity contribution in [2.45, 2.75) is 79.2 Å². The van der Waals surface area contributed by atoms with Gasteiger partial charge in [0.05, 0.1) is 0 Å². The smallest absolute Gasteiger partial charge is 0.0219 e. The number of aryl methyl sites for hydroxylation is 1. The first kappa shape index (κ1) is 21.6. The Kier molecular flexibility index (Phi) is 8.53. The van der Waals surface area contributed by atoms with Crippen LogP contribution in [0.4, 0.5) is 0 Å². The van der Waals surface area contributed by atoms with E-state index in [4.69, 9.17) is 5.73 Å². The van der Waals surface area contributed by atoms with Gasteiger partial charge < -0.3 is 10.7 Å². The fourth-order valence-corrected chi connectivity index (χ4v) is 4.50. The minimum atomic E-state index is 0.210. The van der Waals surface area contributed by atoms with Gasteiger partial charge in [-0.05, 0) is 75.3 Å². The summed E-state index contributed by atoms with van der Waals surface area (Å²) in [5, 5.41) is 0. The maximum absolute atomic E-state index is 6.19. The monoisotopic (exact) mass is 342 g/mol. The van der Waals surface area contributed by atoms with E-state index in [1.807, 2.05) is 0 Å². The first-order valence-corrected chi connectivity index (χ1v) is 9.75. The first-order valence-electron chi connectivity index (χ1n) is 9.75. The maximum Gasteiger partial charge on any atom is 0.0219 e. The predicted octanol–water partition coefficient (Wildman–Crippen LogP) is 5.37. The second-order valence-electron chi connectivity index (χ2n) is 8.09. The average molecular weight is 343 g/mol. The van der Waals surface area contributed by atoms with E-state index in [-0.39, 0.29) is 6.04 Å². The van der Waals surface area contributed by atoms with Crippen LogP contribution >= 0.6 is 0 Å². The third-order valence-electron chi connectivity index (χ3n) is 5.88. The van der Waals surface area contributed by atoms with Crippen molar-refractivity contribution < 1.29 is 0 Å². The van der Waals surface area contributed by atoms with E-state index in [2.05, 4.69) is 71.5 Å². The van der Waals surface area contributed by atoms with E-state index in [9.17, 15) is 0 Å². The molecule has 0 aromatic carbocycles. The standard InChI is InChI=1S/C21H36N2.C2H2/c1-7-8-9-18-17(6)23-21(20(18)12-15(4)22)19-11-13(2)10-14(3)16(19)5;1-2/h7-8,13-16,19,23H,9-12,22H2,1-6H3;1-2H/b8-7-;/t13-,14+,15?,16+,19+;/m0./s1. The number of aromatic amines is 1. The lowest BCUT2D eigenvalue weighted by Crippen LogP contribution is -2.28. The van der Waals surface area contributed by atoms with Gasteiger partial charge in [-0.1, -0.05) is 32.9 Å². The zero-order valence-corrected chi connectivity index (χ0v) is 17.1. The fraction of sp³-hybridized carbons (Fsp3) is 0.652. The van der Waals surface area contributed by atoms with E-state index in [1.165, 1.54) is 35.4 Å². The third-order valence-corrected chi connectivity index (χ3v) is 5.88. The molecule has 2 heteroatoms. The van der Waals surface area contributed by atoms with E-state index >= 15 is 0 Å². The molecule has 2 rings (SSSR count). The minimum absolute atomic E-state index is 0.210. The Morgan fingerprint density at radius 1 is 1.20 bits per heavy atom. The van der Waals surface area contributed by atoms with Crippen LogP contribution in [0.1, 0.15) is 75.9 Å². The first-order chi connectivity index (χ1) is 11.8. The summed E-state index contributed by atoms with van der Waals surface area (Å²) in [6.07, 6.45) is 17.1. The van der Waals surface area contributed by atoms with Crippen molar-refractivity contribution in [3.63, 3.8) is 0 Å². The number of nitrogens with one attached hydrogen (secondary N) is 1. The number of rotatable bonds is 5. The van der Waals surface area contributed by atoms with Crippen LogP contribution in [0.15, 0.2) is 12.2 Å². The summed E-state index contributed by atoms with van der Waals surface area (Å²) >= 11 is 0. The molecule has 1 saturated carbocycles. The molecule has 0 radical (unpaired) electrons. The van der Waals surface area contributed by atoms with Crippen molar-refractivity contribution in [1.82, 2.24) is 4.98 Å². The molecule has 3 N–H and O–H groups in total. The minimum Gasteiger partial charge on any atom is -0.362 e. The van der Waals surface area contributed by atoms with Crippen molar-refractivity contribution in [2.24, 2.45) is 23.5 Å². The molecule has 140 valence electrons. The number of allylic oxidation sites excluding steroid dienone is 2. The molecule has 0 spiro atoms. The lowest BCUT2D eigenvalue weighted by atomic mass is 9.68. The predicted molar refractivity (Wildman–Crippen MR) is 111 cm³/mol. The van der Waals surface area contributed by atoms with Gasteiger partial charge in [-0.3, -0.25) is 0 Å². The molecule has 1 heterocycles. The van der Waals surface area contributed by atoms with E-state index in [0.29, 0.717) is 5.92 Å². The summed E-state index contributed by atoms with van der Waals surface area (Å²) in [6.45, 7) is 13.7. The summed E-state index contributed by atoms with van der Waals surface area (Å²) in [4.78, 5) is 3.78. The van der Waals surface area contributed by atoms with E-state index in [1.54, 1.807) is 0 Å². The molecule has 0 bridgehead atoms. The van der Waals surface area contributed by atoms with Gasteiger partial charge in [0.15, 0.2) is 0 Å². The molecule has 0 amide bonds. The number of H-pyrrole nitrogens is 1. The largest absolute Gasteiger partial charge is 0.362 e. The Morgan fingerprint density at radius 2 is 1.84 bits per heavy atom. The Balaban J connectivity index is 0.00000151. The molecular formula is C23H38N2.